The number of fused-ring (bicyclic) bond motifs is 1. The topological polar surface area (TPSA) is 101 Å². The number of carbonyl (C=O) groups excluding carboxylic acids is 2. The van der Waals surface area contributed by atoms with Crippen molar-refractivity contribution in [2.75, 3.05) is 19.7 Å². The largest absolute Gasteiger partial charge is 0.507 e. The Balaban J connectivity index is 1.29. The highest BCUT2D eigenvalue weighted by atomic mass is 79.9. The Bertz CT molecular complexity index is 1410. The number of phenolic OH excluding ortho intramolecular Hbond substituents is 1. The maximum Gasteiger partial charge on any atom is 0.234 e. The van der Waals surface area contributed by atoms with Crippen LogP contribution in [-0.2, 0) is 16.1 Å². The molecule has 0 unspecified atom stereocenters. The molecule has 0 saturated carbocycles. The molecule has 0 radical (unpaired) electrons. The van der Waals surface area contributed by atoms with Crippen LogP contribution in [0, 0.1) is 23.7 Å². The van der Waals surface area contributed by atoms with Crippen LogP contribution in [0.25, 0.3) is 6.08 Å². The molecule has 2 fully saturated rings. The molecule has 3 aliphatic rings. The van der Waals surface area contributed by atoms with Crippen LogP contribution in [0.5, 0.6) is 5.75 Å². The lowest BCUT2D eigenvalue weighted by Gasteiger charge is -2.38. The van der Waals surface area contributed by atoms with Crippen LogP contribution in [0.1, 0.15) is 64.0 Å². The smallest absolute Gasteiger partial charge is 0.234 e. The van der Waals surface area contributed by atoms with E-state index >= 15 is 0 Å². The molecule has 2 aromatic carbocycles. The summed E-state index contributed by atoms with van der Waals surface area (Å²) in [6.07, 6.45) is 3.99. The molecule has 44 heavy (non-hydrogen) atoms. The Morgan fingerprint density at radius 3 is 2.43 bits per heavy atom. The molecule has 5 rings (SSSR count). The number of piperidine rings is 1. The van der Waals surface area contributed by atoms with Crippen LogP contribution in [-0.4, -0.2) is 68.8 Å². The summed E-state index contributed by atoms with van der Waals surface area (Å²) < 4.78 is 0.867. The number of hydrogen-bond donors (Lipinski definition) is 3. The molecular weight excluding hydrogens is 620 g/mol. The second-order valence-electron chi connectivity index (χ2n) is 13.0. The van der Waals surface area contributed by atoms with Gasteiger partial charge in [-0.05, 0) is 74.3 Å². The van der Waals surface area contributed by atoms with Crippen molar-refractivity contribution in [1.29, 1.82) is 0 Å². The van der Waals surface area contributed by atoms with Crippen LogP contribution in [0.15, 0.2) is 69.7 Å². The number of rotatable bonds is 10. The summed E-state index contributed by atoms with van der Waals surface area (Å²) in [6, 6.07) is 15.5. The second-order valence-corrected chi connectivity index (χ2v) is 14.0. The van der Waals surface area contributed by atoms with E-state index in [4.69, 9.17) is 0 Å². The molecule has 4 atom stereocenters. The van der Waals surface area contributed by atoms with Crippen LogP contribution in [0.3, 0.4) is 0 Å². The molecule has 8 heteroatoms. The Morgan fingerprint density at radius 2 is 1.77 bits per heavy atom. The minimum absolute atomic E-state index is 0.0723. The minimum Gasteiger partial charge on any atom is -0.507 e. The lowest BCUT2D eigenvalue weighted by molar-refractivity contribution is -0.144. The molecule has 1 aliphatic carbocycles. The molecule has 2 aromatic rings. The number of amides is 2. The average molecular weight is 666 g/mol. The summed E-state index contributed by atoms with van der Waals surface area (Å²) in [7, 11) is 0. The van der Waals surface area contributed by atoms with Crippen molar-refractivity contribution in [2.24, 2.45) is 23.7 Å². The Kier molecular flexibility index (Phi) is 10.5. The van der Waals surface area contributed by atoms with E-state index in [2.05, 4.69) is 46.8 Å². The van der Waals surface area contributed by atoms with Gasteiger partial charge >= 0.3 is 0 Å². The second kappa shape index (κ2) is 14.1. The molecular formula is C36H45BrN2O5. The first-order chi connectivity index (χ1) is 21.1. The van der Waals surface area contributed by atoms with Gasteiger partial charge in [0.2, 0.25) is 11.8 Å². The molecule has 2 saturated heterocycles. The van der Waals surface area contributed by atoms with Crippen LogP contribution >= 0.6 is 15.9 Å². The van der Waals surface area contributed by atoms with E-state index in [0.29, 0.717) is 24.8 Å². The van der Waals surface area contributed by atoms with Crippen molar-refractivity contribution in [3.63, 3.8) is 0 Å². The summed E-state index contributed by atoms with van der Waals surface area (Å²) in [4.78, 5) is 31.8. The normalized spacial score (nSPS) is 24.4. The summed E-state index contributed by atoms with van der Waals surface area (Å²) in [5.41, 5.74) is 4.68. The number of likely N-dealkylation sites (tertiary alicyclic amines) is 2. The van der Waals surface area contributed by atoms with Gasteiger partial charge < -0.3 is 15.3 Å². The maximum atomic E-state index is 14.0. The van der Waals surface area contributed by atoms with Crippen LogP contribution in [0.2, 0.25) is 0 Å². The Labute approximate surface area is 269 Å². The monoisotopic (exact) mass is 664 g/mol. The zero-order valence-corrected chi connectivity index (χ0v) is 27.5. The zero-order chi connectivity index (χ0) is 31.5. The predicted octanol–water partition coefficient (Wildman–Crippen LogP) is 5.93. The first-order valence-corrected chi connectivity index (χ1v) is 16.7. The third-order valence-corrected chi connectivity index (χ3v) is 10.3. The molecule has 3 N–H and O–H groups in total. The molecule has 7 nitrogen and oxygen atoms in total. The van der Waals surface area contributed by atoms with Crippen molar-refractivity contribution in [3.05, 3.63) is 80.8 Å². The van der Waals surface area contributed by atoms with Gasteiger partial charge in [0.1, 0.15) is 5.75 Å². The van der Waals surface area contributed by atoms with E-state index in [-0.39, 0.29) is 36.1 Å². The third kappa shape index (κ3) is 6.89. The van der Waals surface area contributed by atoms with Gasteiger partial charge in [-0.25, -0.2) is 0 Å². The van der Waals surface area contributed by atoms with Gasteiger partial charge in [-0.15, -0.1) is 0 Å². The molecule has 0 aromatic heterocycles. The van der Waals surface area contributed by atoms with E-state index in [1.165, 1.54) is 10.5 Å². The van der Waals surface area contributed by atoms with E-state index < -0.39 is 23.9 Å². The maximum absolute atomic E-state index is 14.0. The summed E-state index contributed by atoms with van der Waals surface area (Å²) in [5.74, 6) is -1.75. The number of nitrogens with zero attached hydrogens (tertiary/aromatic N) is 2. The molecule has 2 heterocycles. The highest BCUT2D eigenvalue weighted by Gasteiger charge is 2.56. The number of hydrogen-bond acceptors (Lipinski definition) is 6. The quantitative estimate of drug-likeness (QED) is 0.215. The van der Waals surface area contributed by atoms with Crippen molar-refractivity contribution < 1.29 is 24.9 Å². The number of imide groups is 1. The molecule has 236 valence electrons. The highest BCUT2D eigenvalue weighted by Crippen LogP contribution is 2.49. The average Bonchev–Trinajstić information content (AvgIpc) is 3.26. The van der Waals surface area contributed by atoms with Crippen molar-refractivity contribution >= 4 is 33.8 Å². The zero-order valence-electron chi connectivity index (χ0n) is 26.0. The fourth-order valence-electron chi connectivity index (χ4n) is 7.50. The number of aliphatic hydroxyl groups is 2. The van der Waals surface area contributed by atoms with Gasteiger partial charge in [0.25, 0.3) is 0 Å². The summed E-state index contributed by atoms with van der Waals surface area (Å²) in [5, 5.41) is 32.5. The van der Waals surface area contributed by atoms with E-state index in [1.54, 1.807) is 12.1 Å². The number of benzene rings is 2. The number of allylic oxidation sites excluding steroid dienone is 2. The number of halogens is 1. The summed E-state index contributed by atoms with van der Waals surface area (Å²) >= 11 is 3.44. The van der Waals surface area contributed by atoms with Gasteiger partial charge in [0, 0.05) is 41.6 Å². The predicted molar refractivity (Wildman–Crippen MR) is 175 cm³/mol. The molecule has 2 aliphatic heterocycles. The van der Waals surface area contributed by atoms with Crippen LogP contribution in [0.4, 0.5) is 0 Å². The Hall–Kier alpha value is -2.78. The van der Waals surface area contributed by atoms with E-state index in [0.717, 1.165) is 53.7 Å². The van der Waals surface area contributed by atoms with Gasteiger partial charge in [-0.2, -0.15) is 0 Å². The number of phenols is 1. The molecule has 2 amide bonds. The van der Waals surface area contributed by atoms with E-state index in [1.807, 2.05) is 37.3 Å². The number of aliphatic hydroxyl groups excluding tert-OH is 2. The van der Waals surface area contributed by atoms with Crippen LogP contribution < -0.4 is 0 Å². The number of aromatic hydroxyl groups is 1. The Morgan fingerprint density at radius 1 is 1.07 bits per heavy atom. The van der Waals surface area contributed by atoms with Crippen molar-refractivity contribution in [1.82, 2.24) is 9.80 Å². The van der Waals surface area contributed by atoms with Gasteiger partial charge in [0.15, 0.2) is 0 Å². The molecule has 0 bridgehead atoms. The van der Waals surface area contributed by atoms with Crippen molar-refractivity contribution in [2.45, 2.75) is 71.6 Å². The SMILES string of the molecule is C/C(=C\c1cc(Br)ccc1O)CC[C@@H](O)C1=C(C(C)C)C[C@H]2C(=O)N(C3CCN(Cc4ccccc4)CC3)C(=O)[C@H]2[C@H]1CO. The number of carbonyl (C=O) groups is 2. The first kappa shape index (κ1) is 32.6. The lowest BCUT2D eigenvalue weighted by Crippen LogP contribution is -2.47. The lowest BCUT2D eigenvalue weighted by atomic mass is 9.66. The third-order valence-electron chi connectivity index (χ3n) is 9.78. The standard InChI is InChI=1S/C36H45BrN2O5/c1-22(2)28-19-29-34(30(21-40)33(28)32(42)11-9-23(3)17-25-18-26(37)10-12-31(25)41)36(44)39(35(29)43)27-13-15-38(16-14-27)20-24-7-5-4-6-8-24/h4-8,10,12,17-18,22,27,29-30,32,34,40-42H,9,11,13-16,19-21H2,1-3H3/b23-17+/t29-,30+,32-,34-/m1/s1. The summed E-state index contributed by atoms with van der Waals surface area (Å²) in [6.45, 7) is 8.28. The van der Waals surface area contributed by atoms with Gasteiger partial charge in [-0.1, -0.05) is 77.3 Å². The van der Waals surface area contributed by atoms with Gasteiger partial charge in [0.05, 0.1) is 24.5 Å². The van der Waals surface area contributed by atoms with Crippen molar-refractivity contribution in [3.8, 4) is 5.75 Å². The highest BCUT2D eigenvalue weighted by molar-refractivity contribution is 9.10. The van der Waals surface area contributed by atoms with Gasteiger partial charge in [-0.3, -0.25) is 19.4 Å². The van der Waals surface area contributed by atoms with E-state index in [9.17, 15) is 24.9 Å². The minimum atomic E-state index is -0.844. The fraction of sp³-hybridized carbons (Fsp3) is 0.500. The fourth-order valence-corrected chi connectivity index (χ4v) is 7.88. The molecule has 0 spiro atoms. The first-order valence-electron chi connectivity index (χ1n) is 15.9.